The molecule has 0 saturated heterocycles. The minimum Gasteiger partial charge on any atom is -0.319 e. The van der Waals surface area contributed by atoms with E-state index in [1.54, 1.807) is 0 Å². The predicted octanol–water partition coefficient (Wildman–Crippen LogP) is 2.20. The molecular weight excluding hydrogens is 258 g/mol. The van der Waals surface area contributed by atoms with Crippen LogP contribution in [0.5, 0.6) is 0 Å². The Morgan fingerprint density at radius 2 is 2.05 bits per heavy atom. The second-order valence-corrected chi connectivity index (χ2v) is 7.65. The van der Waals surface area contributed by atoms with Crippen LogP contribution in [0.1, 0.15) is 24.0 Å². The number of rotatable bonds is 8. The molecule has 0 spiro atoms. The largest absolute Gasteiger partial charge is 0.319 e. The molecule has 1 N–H and O–H groups in total. The number of sulfone groups is 1. The second-order valence-electron chi connectivity index (χ2n) is 5.39. The Balaban J connectivity index is 2.52. The molecule has 19 heavy (non-hydrogen) atoms. The van der Waals surface area contributed by atoms with E-state index in [9.17, 15) is 8.42 Å². The van der Waals surface area contributed by atoms with E-state index in [2.05, 4.69) is 36.5 Å². The van der Waals surface area contributed by atoms with E-state index in [0.29, 0.717) is 11.7 Å². The van der Waals surface area contributed by atoms with Crippen LogP contribution in [0.15, 0.2) is 24.3 Å². The second kappa shape index (κ2) is 7.65. The van der Waals surface area contributed by atoms with Gasteiger partial charge in [-0.2, -0.15) is 0 Å². The third kappa shape index (κ3) is 7.33. The van der Waals surface area contributed by atoms with Crippen molar-refractivity contribution in [3.63, 3.8) is 0 Å². The van der Waals surface area contributed by atoms with Gasteiger partial charge in [0.15, 0.2) is 0 Å². The van der Waals surface area contributed by atoms with Gasteiger partial charge >= 0.3 is 0 Å². The van der Waals surface area contributed by atoms with Crippen LogP contribution in [-0.2, 0) is 16.3 Å². The molecule has 0 amide bonds. The van der Waals surface area contributed by atoms with Gasteiger partial charge in [-0.05, 0) is 51.3 Å². The highest BCUT2D eigenvalue weighted by Crippen LogP contribution is 2.15. The van der Waals surface area contributed by atoms with Gasteiger partial charge in [-0.25, -0.2) is 8.42 Å². The van der Waals surface area contributed by atoms with Crippen molar-refractivity contribution < 1.29 is 8.42 Å². The number of hydrogen-bond donors (Lipinski definition) is 1. The van der Waals surface area contributed by atoms with E-state index in [4.69, 9.17) is 0 Å². The third-order valence-electron chi connectivity index (χ3n) is 3.23. The Labute approximate surface area is 117 Å². The normalized spacial score (nSPS) is 13.4. The Morgan fingerprint density at radius 1 is 1.32 bits per heavy atom. The van der Waals surface area contributed by atoms with E-state index in [1.165, 1.54) is 17.4 Å². The topological polar surface area (TPSA) is 46.2 Å². The van der Waals surface area contributed by atoms with Crippen molar-refractivity contribution in [1.82, 2.24) is 5.32 Å². The number of nitrogens with one attached hydrogen (secondary N) is 1. The van der Waals surface area contributed by atoms with Crippen LogP contribution >= 0.6 is 0 Å². The van der Waals surface area contributed by atoms with Crippen LogP contribution in [0.3, 0.4) is 0 Å². The van der Waals surface area contributed by atoms with Gasteiger partial charge in [0.05, 0.1) is 0 Å². The molecule has 0 bridgehead atoms. The lowest BCUT2D eigenvalue weighted by Gasteiger charge is -2.16. The highest BCUT2D eigenvalue weighted by atomic mass is 32.2. The van der Waals surface area contributed by atoms with Crippen molar-refractivity contribution in [2.75, 3.05) is 25.6 Å². The van der Waals surface area contributed by atoms with Crippen LogP contribution in [0.2, 0.25) is 0 Å². The summed E-state index contributed by atoms with van der Waals surface area (Å²) in [5.74, 6) is 0.787. The summed E-state index contributed by atoms with van der Waals surface area (Å²) in [7, 11) is -0.890. The molecule has 3 nitrogen and oxygen atoms in total. The lowest BCUT2D eigenvalue weighted by molar-refractivity contribution is 0.455. The molecule has 0 radical (unpaired) electrons. The third-order valence-corrected chi connectivity index (χ3v) is 4.26. The monoisotopic (exact) mass is 283 g/mol. The van der Waals surface area contributed by atoms with Gasteiger partial charge in [0, 0.05) is 12.0 Å². The lowest BCUT2D eigenvalue weighted by atomic mass is 9.94. The lowest BCUT2D eigenvalue weighted by Crippen LogP contribution is -2.21. The Kier molecular flexibility index (Phi) is 6.52. The minimum absolute atomic E-state index is 0.293. The molecule has 0 aromatic heterocycles. The van der Waals surface area contributed by atoms with E-state index >= 15 is 0 Å². The first kappa shape index (κ1) is 16.2. The van der Waals surface area contributed by atoms with Crippen LogP contribution in [0.4, 0.5) is 0 Å². The molecule has 0 aliphatic carbocycles. The van der Waals surface area contributed by atoms with Crippen molar-refractivity contribution >= 4 is 9.84 Å². The Morgan fingerprint density at radius 3 is 2.63 bits per heavy atom. The highest BCUT2D eigenvalue weighted by molar-refractivity contribution is 7.90. The number of hydrogen-bond acceptors (Lipinski definition) is 3. The number of benzene rings is 1. The highest BCUT2D eigenvalue weighted by Gasteiger charge is 2.11. The van der Waals surface area contributed by atoms with Gasteiger partial charge in [-0.3, -0.25) is 0 Å². The van der Waals surface area contributed by atoms with Crippen LogP contribution in [0, 0.1) is 12.8 Å². The van der Waals surface area contributed by atoms with Gasteiger partial charge in [0.1, 0.15) is 9.84 Å². The van der Waals surface area contributed by atoms with Gasteiger partial charge in [-0.1, -0.05) is 29.8 Å². The molecule has 1 atom stereocenters. The summed E-state index contributed by atoms with van der Waals surface area (Å²) in [4.78, 5) is 0. The minimum atomic E-state index is -2.83. The molecule has 4 heteroatoms. The van der Waals surface area contributed by atoms with Crippen molar-refractivity contribution in [3.8, 4) is 0 Å². The van der Waals surface area contributed by atoms with Crippen molar-refractivity contribution in [2.24, 2.45) is 5.92 Å². The van der Waals surface area contributed by atoms with Gasteiger partial charge in [0.2, 0.25) is 0 Å². The quantitative estimate of drug-likeness (QED) is 0.795. The Hall–Kier alpha value is -0.870. The van der Waals surface area contributed by atoms with E-state index in [1.807, 2.05) is 7.05 Å². The molecule has 0 heterocycles. The van der Waals surface area contributed by atoms with E-state index in [-0.39, 0.29) is 0 Å². The van der Waals surface area contributed by atoms with Gasteiger partial charge < -0.3 is 5.32 Å². The summed E-state index contributed by atoms with van der Waals surface area (Å²) < 4.78 is 22.3. The van der Waals surface area contributed by atoms with Crippen LogP contribution in [0.25, 0.3) is 0 Å². The number of aryl methyl sites for hydroxylation is 1. The van der Waals surface area contributed by atoms with Gasteiger partial charge in [-0.15, -0.1) is 0 Å². The first-order chi connectivity index (χ1) is 8.90. The fourth-order valence-corrected chi connectivity index (χ4v) is 3.06. The summed E-state index contributed by atoms with van der Waals surface area (Å²) in [5.41, 5.74) is 2.61. The summed E-state index contributed by atoms with van der Waals surface area (Å²) in [6.45, 7) is 3.03. The fraction of sp³-hybridized carbons (Fsp3) is 0.600. The molecule has 1 aromatic carbocycles. The average molecular weight is 283 g/mol. The molecule has 0 fully saturated rings. The maximum Gasteiger partial charge on any atom is 0.147 e. The average Bonchev–Trinajstić information content (AvgIpc) is 2.27. The molecule has 1 rings (SSSR count). The smallest absolute Gasteiger partial charge is 0.147 e. The molecule has 0 aliphatic heterocycles. The zero-order valence-corrected chi connectivity index (χ0v) is 13.0. The molecule has 0 saturated carbocycles. The SMILES string of the molecule is CNCC(CCCS(C)(=O)=O)Cc1cccc(C)c1. The summed E-state index contributed by atoms with van der Waals surface area (Å²) in [6.07, 6.45) is 4.01. The van der Waals surface area contributed by atoms with Gasteiger partial charge in [0.25, 0.3) is 0 Å². The maximum absolute atomic E-state index is 11.2. The van der Waals surface area contributed by atoms with E-state index in [0.717, 1.165) is 25.8 Å². The molecular formula is C15H25NO2S. The first-order valence-electron chi connectivity index (χ1n) is 6.78. The van der Waals surface area contributed by atoms with Crippen molar-refractivity contribution in [1.29, 1.82) is 0 Å². The standard InChI is InChI=1S/C15H25NO2S/c1-13-6-4-7-14(10-13)11-15(12-16-2)8-5-9-19(3,17)18/h4,6-7,10,15-16H,5,8-9,11-12H2,1-3H3. The summed E-state index contributed by atoms with van der Waals surface area (Å²) in [5, 5.41) is 3.20. The van der Waals surface area contributed by atoms with Crippen molar-refractivity contribution in [3.05, 3.63) is 35.4 Å². The molecule has 1 unspecified atom stereocenters. The van der Waals surface area contributed by atoms with Crippen molar-refractivity contribution in [2.45, 2.75) is 26.2 Å². The summed E-state index contributed by atoms with van der Waals surface area (Å²) >= 11 is 0. The zero-order chi connectivity index (χ0) is 14.3. The Bertz CT molecular complexity index is 483. The fourth-order valence-electron chi connectivity index (χ4n) is 2.37. The molecule has 108 valence electrons. The molecule has 1 aromatic rings. The zero-order valence-electron chi connectivity index (χ0n) is 12.1. The van der Waals surface area contributed by atoms with E-state index < -0.39 is 9.84 Å². The maximum atomic E-state index is 11.2. The predicted molar refractivity (Wildman–Crippen MR) is 81.2 cm³/mol. The van der Waals surface area contributed by atoms with Crippen LogP contribution < -0.4 is 5.32 Å². The first-order valence-corrected chi connectivity index (χ1v) is 8.84. The van der Waals surface area contributed by atoms with Crippen LogP contribution in [-0.4, -0.2) is 34.0 Å². The molecule has 0 aliphatic rings. The summed E-state index contributed by atoms with van der Waals surface area (Å²) in [6, 6.07) is 8.53.